The first-order valence-electron chi connectivity index (χ1n) is 7.01. The predicted octanol–water partition coefficient (Wildman–Crippen LogP) is 2.16. The van der Waals surface area contributed by atoms with E-state index in [-0.39, 0.29) is 6.04 Å². The van der Waals surface area contributed by atoms with Gasteiger partial charge in [0.25, 0.3) is 10.2 Å². The normalized spacial score (nSPS) is 26.0. The fourth-order valence-electron chi connectivity index (χ4n) is 3.09. The zero-order valence-corrected chi connectivity index (χ0v) is 11.8. The minimum absolute atomic E-state index is 0.0202. The van der Waals surface area contributed by atoms with E-state index in [1.165, 1.54) is 0 Å². The number of benzene rings is 1. The van der Waals surface area contributed by atoms with Crippen LogP contribution in [0.15, 0.2) is 30.3 Å². The highest BCUT2D eigenvalue weighted by molar-refractivity contribution is 7.86. The molecule has 0 bridgehead atoms. The van der Waals surface area contributed by atoms with Gasteiger partial charge in [-0.05, 0) is 31.2 Å². The Labute approximate surface area is 115 Å². The molecule has 0 amide bonds. The molecular formula is C14H20N2O2S. The molecule has 3 rings (SSSR count). The molecule has 2 saturated heterocycles. The maximum atomic E-state index is 12.7. The minimum atomic E-state index is -3.27. The van der Waals surface area contributed by atoms with Gasteiger partial charge in [0.05, 0.1) is 6.04 Å². The molecule has 1 aromatic carbocycles. The van der Waals surface area contributed by atoms with E-state index in [4.69, 9.17) is 0 Å². The second-order valence-corrected chi connectivity index (χ2v) is 7.17. The second-order valence-electron chi connectivity index (χ2n) is 5.29. The van der Waals surface area contributed by atoms with Gasteiger partial charge in [0, 0.05) is 19.6 Å². The summed E-state index contributed by atoms with van der Waals surface area (Å²) in [5.74, 6) is 0. The lowest BCUT2D eigenvalue weighted by molar-refractivity contribution is 0.349. The van der Waals surface area contributed by atoms with Crippen LogP contribution in [0.3, 0.4) is 0 Å². The molecule has 2 heterocycles. The van der Waals surface area contributed by atoms with Crippen LogP contribution in [0.1, 0.15) is 37.3 Å². The molecule has 0 N–H and O–H groups in total. The highest BCUT2D eigenvalue weighted by Gasteiger charge is 2.39. The SMILES string of the molecule is O=S(=O)(N1CCCC1)N1CCCC1c1ccccc1. The summed E-state index contributed by atoms with van der Waals surface area (Å²) < 4.78 is 28.7. The molecule has 0 aliphatic carbocycles. The summed E-state index contributed by atoms with van der Waals surface area (Å²) in [5, 5.41) is 0. The van der Waals surface area contributed by atoms with Crippen molar-refractivity contribution >= 4 is 10.2 Å². The summed E-state index contributed by atoms with van der Waals surface area (Å²) in [6.45, 7) is 2.01. The minimum Gasteiger partial charge on any atom is -0.195 e. The molecule has 0 radical (unpaired) electrons. The van der Waals surface area contributed by atoms with E-state index in [1.54, 1.807) is 8.61 Å². The van der Waals surface area contributed by atoms with E-state index in [9.17, 15) is 8.42 Å². The van der Waals surface area contributed by atoms with E-state index in [2.05, 4.69) is 0 Å². The zero-order chi connectivity index (χ0) is 13.3. The average Bonchev–Trinajstić information content (AvgIpc) is 3.11. The number of nitrogens with zero attached hydrogens (tertiary/aromatic N) is 2. The van der Waals surface area contributed by atoms with Crippen molar-refractivity contribution in [3.05, 3.63) is 35.9 Å². The van der Waals surface area contributed by atoms with Crippen LogP contribution in [0.25, 0.3) is 0 Å². The second kappa shape index (κ2) is 5.23. The lowest BCUT2D eigenvalue weighted by Gasteiger charge is -2.28. The van der Waals surface area contributed by atoms with Crippen LogP contribution < -0.4 is 0 Å². The molecule has 1 atom stereocenters. The van der Waals surface area contributed by atoms with Crippen molar-refractivity contribution in [3.8, 4) is 0 Å². The van der Waals surface area contributed by atoms with Gasteiger partial charge < -0.3 is 0 Å². The first kappa shape index (κ1) is 13.1. The lowest BCUT2D eigenvalue weighted by Crippen LogP contribution is -2.42. The Morgan fingerprint density at radius 2 is 1.63 bits per heavy atom. The van der Waals surface area contributed by atoms with Crippen LogP contribution in [0, 0.1) is 0 Å². The van der Waals surface area contributed by atoms with Crippen LogP contribution in [-0.2, 0) is 10.2 Å². The molecular weight excluding hydrogens is 260 g/mol. The molecule has 1 aromatic rings. The van der Waals surface area contributed by atoms with Crippen LogP contribution >= 0.6 is 0 Å². The van der Waals surface area contributed by atoms with Crippen molar-refractivity contribution in [2.24, 2.45) is 0 Å². The van der Waals surface area contributed by atoms with Gasteiger partial charge in [0.2, 0.25) is 0 Å². The van der Waals surface area contributed by atoms with Gasteiger partial charge in [-0.25, -0.2) is 0 Å². The average molecular weight is 280 g/mol. The fraction of sp³-hybridized carbons (Fsp3) is 0.571. The Morgan fingerprint density at radius 3 is 2.32 bits per heavy atom. The maximum absolute atomic E-state index is 12.7. The monoisotopic (exact) mass is 280 g/mol. The molecule has 0 saturated carbocycles. The highest BCUT2D eigenvalue weighted by Crippen LogP contribution is 2.35. The van der Waals surface area contributed by atoms with Crippen LogP contribution in [0.4, 0.5) is 0 Å². The zero-order valence-electron chi connectivity index (χ0n) is 11.0. The molecule has 1 unspecified atom stereocenters. The summed E-state index contributed by atoms with van der Waals surface area (Å²) in [5.41, 5.74) is 1.11. The van der Waals surface area contributed by atoms with Crippen molar-refractivity contribution in [1.82, 2.24) is 8.61 Å². The molecule has 0 aromatic heterocycles. The lowest BCUT2D eigenvalue weighted by atomic mass is 10.1. The Kier molecular flexibility index (Phi) is 3.60. The summed E-state index contributed by atoms with van der Waals surface area (Å²) in [6.07, 6.45) is 3.86. The summed E-state index contributed by atoms with van der Waals surface area (Å²) in [4.78, 5) is 0. The van der Waals surface area contributed by atoms with Crippen molar-refractivity contribution in [2.45, 2.75) is 31.7 Å². The Hall–Kier alpha value is -0.910. The van der Waals surface area contributed by atoms with E-state index >= 15 is 0 Å². The van der Waals surface area contributed by atoms with Gasteiger partial charge >= 0.3 is 0 Å². The van der Waals surface area contributed by atoms with Gasteiger partial charge in [-0.2, -0.15) is 17.0 Å². The van der Waals surface area contributed by atoms with E-state index in [1.807, 2.05) is 30.3 Å². The summed E-state index contributed by atoms with van der Waals surface area (Å²) in [7, 11) is -3.27. The van der Waals surface area contributed by atoms with Gasteiger partial charge in [-0.3, -0.25) is 0 Å². The van der Waals surface area contributed by atoms with Gasteiger partial charge in [-0.15, -0.1) is 0 Å². The van der Waals surface area contributed by atoms with Gasteiger partial charge in [0.15, 0.2) is 0 Å². The number of hydrogen-bond donors (Lipinski definition) is 0. The first-order valence-corrected chi connectivity index (χ1v) is 8.41. The number of hydrogen-bond acceptors (Lipinski definition) is 2. The molecule has 2 fully saturated rings. The Bertz CT molecular complexity index is 524. The maximum Gasteiger partial charge on any atom is 0.282 e. The van der Waals surface area contributed by atoms with Gasteiger partial charge in [-0.1, -0.05) is 30.3 Å². The van der Waals surface area contributed by atoms with E-state index < -0.39 is 10.2 Å². The van der Waals surface area contributed by atoms with Crippen molar-refractivity contribution < 1.29 is 8.42 Å². The summed E-state index contributed by atoms with van der Waals surface area (Å²) >= 11 is 0. The van der Waals surface area contributed by atoms with E-state index in [0.717, 1.165) is 31.2 Å². The molecule has 4 nitrogen and oxygen atoms in total. The quantitative estimate of drug-likeness (QED) is 0.851. The third kappa shape index (κ3) is 2.42. The van der Waals surface area contributed by atoms with Crippen molar-refractivity contribution in [3.63, 3.8) is 0 Å². The van der Waals surface area contributed by atoms with Crippen molar-refractivity contribution in [1.29, 1.82) is 0 Å². The predicted molar refractivity (Wildman–Crippen MR) is 74.8 cm³/mol. The molecule has 104 valence electrons. The molecule has 19 heavy (non-hydrogen) atoms. The van der Waals surface area contributed by atoms with Crippen LogP contribution in [0.2, 0.25) is 0 Å². The highest BCUT2D eigenvalue weighted by atomic mass is 32.2. The largest absolute Gasteiger partial charge is 0.282 e. The van der Waals surface area contributed by atoms with Crippen LogP contribution in [0.5, 0.6) is 0 Å². The third-order valence-electron chi connectivity index (χ3n) is 4.08. The Morgan fingerprint density at radius 1 is 0.947 bits per heavy atom. The smallest absolute Gasteiger partial charge is 0.195 e. The topological polar surface area (TPSA) is 40.6 Å². The molecule has 2 aliphatic rings. The molecule has 2 aliphatic heterocycles. The fourth-order valence-corrected chi connectivity index (χ4v) is 5.02. The third-order valence-corrected chi connectivity index (χ3v) is 6.12. The molecule has 5 heteroatoms. The summed E-state index contributed by atoms with van der Waals surface area (Å²) in [6, 6.07) is 10.0. The Balaban J connectivity index is 1.87. The van der Waals surface area contributed by atoms with Crippen molar-refractivity contribution in [2.75, 3.05) is 19.6 Å². The first-order chi connectivity index (χ1) is 9.19. The molecule has 0 spiro atoms. The van der Waals surface area contributed by atoms with Crippen LogP contribution in [-0.4, -0.2) is 36.7 Å². The standard InChI is InChI=1S/C14H20N2O2S/c17-19(18,15-10-4-5-11-15)16-12-6-9-14(16)13-7-2-1-3-8-13/h1-3,7-8,14H,4-6,9-12H2. The van der Waals surface area contributed by atoms with Gasteiger partial charge in [0.1, 0.15) is 0 Å². The number of rotatable bonds is 3. The van der Waals surface area contributed by atoms with E-state index in [0.29, 0.717) is 19.6 Å².